The van der Waals surface area contributed by atoms with Crippen molar-refractivity contribution in [3.8, 4) is 0 Å². The topological polar surface area (TPSA) is 17.1 Å². The van der Waals surface area contributed by atoms with Crippen LogP contribution in [0.1, 0.15) is 11.1 Å². The van der Waals surface area contributed by atoms with Crippen molar-refractivity contribution in [3.63, 3.8) is 0 Å². The van der Waals surface area contributed by atoms with Gasteiger partial charge in [0.05, 0.1) is 0 Å². The first-order chi connectivity index (χ1) is 9.66. The quantitative estimate of drug-likeness (QED) is 0.743. The second kappa shape index (κ2) is 6.57. The minimum Gasteiger partial charge on any atom is -0.283 e. The molecule has 2 aromatic carbocycles. The Balaban J connectivity index is 2.19. The van der Waals surface area contributed by atoms with Crippen molar-refractivity contribution in [2.45, 2.75) is 0 Å². The number of hydrogen-bond donors (Lipinski definition) is 0. The van der Waals surface area contributed by atoms with Crippen molar-refractivity contribution in [3.05, 3.63) is 83.4 Å². The first-order valence-electron chi connectivity index (χ1n) is 6.06. The number of rotatable bonds is 4. The molecule has 2 aromatic rings. The first kappa shape index (κ1) is 13.9. The van der Waals surface area contributed by atoms with Crippen LogP contribution in [-0.2, 0) is 4.79 Å². The smallest absolute Gasteiger partial charge is 0.249 e. The van der Waals surface area contributed by atoms with Gasteiger partial charge in [-0.3, -0.25) is 4.79 Å². The van der Waals surface area contributed by atoms with Crippen LogP contribution in [-0.4, -0.2) is 5.78 Å². The van der Waals surface area contributed by atoms with Crippen LogP contribution in [0.4, 0.5) is 8.78 Å². The standard InChI is InChI=1S/C17H12F2O/c18-15(11-13-7-3-1-4-8-13)17(20)16(19)12-14-9-5-2-6-10-14/h1-12H. The van der Waals surface area contributed by atoms with Gasteiger partial charge in [0.1, 0.15) is 0 Å². The number of allylic oxidation sites excluding steroid dienone is 2. The summed E-state index contributed by atoms with van der Waals surface area (Å²) in [6.45, 7) is 0. The number of benzene rings is 2. The molecule has 0 saturated heterocycles. The van der Waals surface area contributed by atoms with Gasteiger partial charge in [0.2, 0.25) is 5.78 Å². The van der Waals surface area contributed by atoms with E-state index in [1.54, 1.807) is 60.7 Å². The predicted octanol–water partition coefficient (Wildman–Crippen LogP) is 4.58. The van der Waals surface area contributed by atoms with E-state index in [-0.39, 0.29) is 0 Å². The zero-order valence-electron chi connectivity index (χ0n) is 10.6. The summed E-state index contributed by atoms with van der Waals surface area (Å²) in [6.07, 6.45) is 2.03. The Morgan fingerprint density at radius 2 is 1.05 bits per heavy atom. The van der Waals surface area contributed by atoms with Gasteiger partial charge in [-0.1, -0.05) is 60.7 Å². The van der Waals surface area contributed by atoms with E-state index in [0.717, 1.165) is 12.2 Å². The first-order valence-corrected chi connectivity index (χ1v) is 6.06. The number of Topliss-reactive ketones (excluding diaryl/α,β-unsaturated/α-hetero) is 1. The largest absolute Gasteiger partial charge is 0.283 e. The van der Waals surface area contributed by atoms with Gasteiger partial charge in [-0.25, -0.2) is 8.78 Å². The molecule has 0 saturated carbocycles. The zero-order valence-corrected chi connectivity index (χ0v) is 10.6. The maximum absolute atomic E-state index is 13.7. The predicted molar refractivity (Wildman–Crippen MR) is 76.1 cm³/mol. The Hall–Kier alpha value is -2.55. The van der Waals surface area contributed by atoms with E-state index in [1.165, 1.54) is 0 Å². The molecule has 0 aliphatic heterocycles. The summed E-state index contributed by atoms with van der Waals surface area (Å²) in [6, 6.07) is 16.9. The summed E-state index contributed by atoms with van der Waals surface area (Å²) in [5.74, 6) is -3.50. The second-order valence-corrected chi connectivity index (χ2v) is 4.14. The van der Waals surface area contributed by atoms with Crippen molar-refractivity contribution in [1.29, 1.82) is 0 Å². The molecule has 0 atom stereocenters. The molecule has 0 unspecified atom stereocenters. The molecule has 2 rings (SSSR count). The van der Waals surface area contributed by atoms with Crippen LogP contribution in [0.2, 0.25) is 0 Å². The van der Waals surface area contributed by atoms with Crippen molar-refractivity contribution >= 4 is 17.9 Å². The van der Waals surface area contributed by atoms with Gasteiger partial charge in [0.25, 0.3) is 0 Å². The molecule has 100 valence electrons. The molecule has 0 fully saturated rings. The van der Waals surface area contributed by atoms with Crippen LogP contribution in [0.5, 0.6) is 0 Å². The van der Waals surface area contributed by atoms with Crippen LogP contribution in [0.3, 0.4) is 0 Å². The van der Waals surface area contributed by atoms with Crippen molar-refractivity contribution < 1.29 is 13.6 Å². The van der Waals surface area contributed by atoms with E-state index < -0.39 is 17.4 Å². The molecular formula is C17H12F2O. The maximum atomic E-state index is 13.7. The third kappa shape index (κ3) is 3.72. The Bertz CT molecular complexity index is 586. The minimum atomic E-state index is -1.25. The number of hydrogen-bond acceptors (Lipinski definition) is 1. The highest BCUT2D eigenvalue weighted by molar-refractivity contribution is 6.10. The fourth-order valence-electron chi connectivity index (χ4n) is 1.64. The zero-order chi connectivity index (χ0) is 14.4. The van der Waals surface area contributed by atoms with Crippen molar-refractivity contribution in [1.82, 2.24) is 0 Å². The molecule has 3 heteroatoms. The SMILES string of the molecule is O=C(C(F)=Cc1ccccc1)C(F)=Cc1ccccc1. The number of halogens is 2. The lowest BCUT2D eigenvalue weighted by Crippen LogP contribution is -1.99. The summed E-state index contributed by atoms with van der Waals surface area (Å²) in [5, 5.41) is 0. The van der Waals surface area contributed by atoms with E-state index >= 15 is 0 Å². The van der Waals surface area contributed by atoms with E-state index in [4.69, 9.17) is 0 Å². The molecule has 0 spiro atoms. The van der Waals surface area contributed by atoms with Gasteiger partial charge in [0.15, 0.2) is 11.7 Å². The molecule has 0 N–H and O–H groups in total. The molecule has 20 heavy (non-hydrogen) atoms. The lowest BCUT2D eigenvalue weighted by molar-refractivity contribution is -0.114. The summed E-state index contributed by atoms with van der Waals surface area (Å²) in [4.78, 5) is 11.6. The second-order valence-electron chi connectivity index (χ2n) is 4.14. The summed E-state index contributed by atoms with van der Waals surface area (Å²) in [5.41, 5.74) is 1.01. The van der Waals surface area contributed by atoms with Crippen LogP contribution < -0.4 is 0 Å². The molecule has 0 aliphatic rings. The minimum absolute atomic E-state index is 0.505. The summed E-state index contributed by atoms with van der Waals surface area (Å²) >= 11 is 0. The number of carbonyl (C=O) groups excluding carboxylic acids is 1. The summed E-state index contributed by atoms with van der Waals surface area (Å²) in [7, 11) is 0. The normalized spacial score (nSPS) is 12.3. The van der Waals surface area contributed by atoms with Gasteiger partial charge in [-0.05, 0) is 23.3 Å². The molecule has 1 nitrogen and oxygen atoms in total. The van der Waals surface area contributed by atoms with Crippen molar-refractivity contribution in [2.24, 2.45) is 0 Å². The average molecular weight is 270 g/mol. The molecule has 0 heterocycles. The van der Waals surface area contributed by atoms with Crippen LogP contribution in [0, 0.1) is 0 Å². The third-order valence-corrected chi connectivity index (χ3v) is 2.62. The average Bonchev–Trinajstić information content (AvgIpc) is 2.48. The van der Waals surface area contributed by atoms with E-state index in [1.807, 2.05) is 0 Å². The highest BCUT2D eigenvalue weighted by Crippen LogP contribution is 2.16. The Morgan fingerprint density at radius 1 is 0.700 bits per heavy atom. The fraction of sp³-hybridized carbons (Fsp3) is 0. The molecule has 0 bridgehead atoms. The van der Waals surface area contributed by atoms with Gasteiger partial charge < -0.3 is 0 Å². The lowest BCUT2D eigenvalue weighted by Gasteiger charge is -1.97. The fourth-order valence-corrected chi connectivity index (χ4v) is 1.64. The highest BCUT2D eigenvalue weighted by atomic mass is 19.1. The lowest BCUT2D eigenvalue weighted by atomic mass is 10.1. The molecule has 0 aromatic heterocycles. The van der Waals surface area contributed by atoms with Gasteiger partial charge in [-0.15, -0.1) is 0 Å². The van der Waals surface area contributed by atoms with Gasteiger partial charge >= 0.3 is 0 Å². The molecular weight excluding hydrogens is 258 g/mol. The molecule has 0 amide bonds. The van der Waals surface area contributed by atoms with Gasteiger partial charge in [-0.2, -0.15) is 0 Å². The molecule has 0 aliphatic carbocycles. The summed E-state index contributed by atoms with van der Waals surface area (Å²) < 4.78 is 27.3. The Morgan fingerprint density at radius 3 is 1.40 bits per heavy atom. The third-order valence-electron chi connectivity index (χ3n) is 2.62. The monoisotopic (exact) mass is 270 g/mol. The number of ketones is 1. The van der Waals surface area contributed by atoms with Crippen LogP contribution >= 0.6 is 0 Å². The highest BCUT2D eigenvalue weighted by Gasteiger charge is 2.14. The van der Waals surface area contributed by atoms with Crippen molar-refractivity contribution in [2.75, 3.05) is 0 Å². The Kier molecular flexibility index (Phi) is 4.56. The molecule has 0 radical (unpaired) electrons. The maximum Gasteiger partial charge on any atom is 0.249 e. The van der Waals surface area contributed by atoms with E-state index in [2.05, 4.69) is 0 Å². The van der Waals surface area contributed by atoms with E-state index in [9.17, 15) is 13.6 Å². The van der Waals surface area contributed by atoms with Crippen LogP contribution in [0.25, 0.3) is 12.2 Å². The van der Waals surface area contributed by atoms with E-state index in [0.29, 0.717) is 11.1 Å². The Labute approximate surface area is 115 Å². The number of carbonyl (C=O) groups is 1. The van der Waals surface area contributed by atoms with Crippen LogP contribution in [0.15, 0.2) is 72.3 Å². The van der Waals surface area contributed by atoms with Gasteiger partial charge in [0, 0.05) is 0 Å².